The monoisotopic (exact) mass is 738 g/mol. The van der Waals surface area contributed by atoms with Crippen LogP contribution in [-0.2, 0) is 52.5 Å². The van der Waals surface area contributed by atoms with Crippen LogP contribution in [0.25, 0.3) is 21.3 Å². The quantitative estimate of drug-likeness (QED) is 0.0359. The van der Waals surface area contributed by atoms with Gasteiger partial charge in [0.25, 0.3) is 10.0 Å². The standard InChI is InChI=1S/C41H46N4O7S/c1-2-49-40-41(51-30-33-19-9-4-10-20-33,36-28-45(37-24-14-13-23-35(36)37)53(46,47)34-21-11-5-12-22-34)27-38(50-29-32-17-7-3-8-18-32)39(52-40)31-48-26-16-6-15-25-43-44-42/h3-5,7-14,17-24,28,38-40H,2,6,15-16,25-27,29-31H2,1H3/t38-,39+,40+,41-/m0/s1. The number of azide groups is 1. The third-order valence-corrected chi connectivity index (χ3v) is 11.1. The maximum absolute atomic E-state index is 14.3. The largest absolute Gasteiger partial charge is 0.379 e. The Bertz CT molecular complexity index is 2040. The van der Waals surface area contributed by atoms with Gasteiger partial charge in [0.1, 0.15) is 11.7 Å². The maximum Gasteiger partial charge on any atom is 0.268 e. The summed E-state index contributed by atoms with van der Waals surface area (Å²) in [7, 11) is -4.00. The average molecular weight is 739 g/mol. The number of unbranched alkanes of at least 4 members (excludes halogenated alkanes) is 2. The molecule has 0 amide bonds. The number of rotatable bonds is 19. The Morgan fingerprint density at radius 1 is 0.849 bits per heavy atom. The third kappa shape index (κ3) is 9.17. The molecule has 12 heteroatoms. The van der Waals surface area contributed by atoms with E-state index in [1.165, 1.54) is 3.97 Å². The molecule has 4 atom stereocenters. The van der Waals surface area contributed by atoms with Crippen molar-refractivity contribution < 1.29 is 32.1 Å². The van der Waals surface area contributed by atoms with Crippen molar-refractivity contribution in [1.29, 1.82) is 0 Å². The van der Waals surface area contributed by atoms with Crippen molar-refractivity contribution in [2.75, 3.05) is 26.4 Å². The number of aromatic nitrogens is 1. The zero-order valence-corrected chi connectivity index (χ0v) is 30.7. The van der Waals surface area contributed by atoms with Gasteiger partial charge in [-0.1, -0.05) is 109 Å². The molecule has 0 N–H and O–H groups in total. The Morgan fingerprint density at radius 3 is 2.21 bits per heavy atom. The van der Waals surface area contributed by atoms with E-state index >= 15 is 0 Å². The Hall–Kier alpha value is -4.52. The lowest BCUT2D eigenvalue weighted by molar-refractivity contribution is -0.333. The minimum Gasteiger partial charge on any atom is -0.379 e. The van der Waals surface area contributed by atoms with Gasteiger partial charge in [-0.3, -0.25) is 0 Å². The van der Waals surface area contributed by atoms with Crippen LogP contribution in [0.15, 0.2) is 131 Å². The number of nitrogens with zero attached hydrogens (tertiary/aromatic N) is 4. The molecule has 2 heterocycles. The molecule has 53 heavy (non-hydrogen) atoms. The van der Waals surface area contributed by atoms with E-state index in [4.69, 9.17) is 29.2 Å². The molecule has 11 nitrogen and oxygen atoms in total. The van der Waals surface area contributed by atoms with E-state index < -0.39 is 34.1 Å². The number of para-hydroxylation sites is 1. The van der Waals surface area contributed by atoms with E-state index in [2.05, 4.69) is 10.0 Å². The molecule has 1 aromatic heterocycles. The van der Waals surface area contributed by atoms with E-state index in [0.717, 1.165) is 30.4 Å². The van der Waals surface area contributed by atoms with Crippen LogP contribution in [0.4, 0.5) is 0 Å². The molecule has 0 radical (unpaired) electrons. The number of ether oxygens (including phenoxy) is 5. The van der Waals surface area contributed by atoms with Crippen LogP contribution in [-0.4, -0.2) is 57.3 Å². The molecule has 1 fully saturated rings. The molecular weight excluding hydrogens is 693 g/mol. The first-order valence-corrected chi connectivity index (χ1v) is 19.5. The fourth-order valence-electron chi connectivity index (χ4n) is 6.73. The van der Waals surface area contributed by atoms with Crippen LogP contribution in [0.5, 0.6) is 0 Å². The van der Waals surface area contributed by atoms with Crippen LogP contribution in [0, 0.1) is 0 Å². The Kier molecular flexibility index (Phi) is 13.3. The predicted molar refractivity (Wildman–Crippen MR) is 202 cm³/mol. The van der Waals surface area contributed by atoms with Gasteiger partial charge in [0, 0.05) is 48.2 Å². The van der Waals surface area contributed by atoms with Crippen molar-refractivity contribution in [2.45, 2.75) is 74.8 Å². The molecule has 1 aliphatic heterocycles. The van der Waals surface area contributed by atoms with Gasteiger partial charge >= 0.3 is 0 Å². The molecule has 278 valence electrons. The second-order valence-electron chi connectivity index (χ2n) is 12.9. The molecule has 5 aromatic rings. The van der Waals surface area contributed by atoms with Gasteiger partial charge < -0.3 is 23.7 Å². The number of hydrogen-bond acceptors (Lipinski definition) is 8. The van der Waals surface area contributed by atoms with Crippen molar-refractivity contribution in [1.82, 2.24) is 3.97 Å². The van der Waals surface area contributed by atoms with Crippen molar-refractivity contribution in [3.63, 3.8) is 0 Å². The van der Waals surface area contributed by atoms with Crippen LogP contribution in [0.2, 0.25) is 0 Å². The van der Waals surface area contributed by atoms with E-state index in [9.17, 15) is 8.42 Å². The van der Waals surface area contributed by atoms with Gasteiger partial charge in [-0.15, -0.1) is 0 Å². The predicted octanol–water partition coefficient (Wildman–Crippen LogP) is 8.52. The smallest absolute Gasteiger partial charge is 0.268 e. The maximum atomic E-state index is 14.3. The zero-order chi connectivity index (χ0) is 36.9. The zero-order valence-electron chi connectivity index (χ0n) is 29.9. The average Bonchev–Trinajstić information content (AvgIpc) is 3.61. The summed E-state index contributed by atoms with van der Waals surface area (Å²) in [4.78, 5) is 2.99. The molecule has 0 aliphatic carbocycles. The lowest BCUT2D eigenvalue weighted by Gasteiger charge is -2.48. The Balaban J connectivity index is 1.41. The molecule has 0 spiro atoms. The lowest BCUT2D eigenvalue weighted by atomic mass is 9.82. The van der Waals surface area contributed by atoms with E-state index in [1.807, 2.05) is 85.8 Å². The van der Waals surface area contributed by atoms with Crippen molar-refractivity contribution in [3.05, 3.63) is 149 Å². The molecule has 1 aliphatic rings. The molecule has 0 saturated carbocycles. The van der Waals surface area contributed by atoms with Gasteiger partial charge in [0.15, 0.2) is 6.29 Å². The van der Waals surface area contributed by atoms with Gasteiger partial charge in [-0.2, -0.15) is 0 Å². The second-order valence-corrected chi connectivity index (χ2v) is 14.7. The summed E-state index contributed by atoms with van der Waals surface area (Å²) < 4.78 is 63.1. The van der Waals surface area contributed by atoms with E-state index in [-0.39, 0.29) is 24.5 Å². The van der Waals surface area contributed by atoms with Gasteiger partial charge in [0.2, 0.25) is 0 Å². The van der Waals surface area contributed by atoms with Crippen molar-refractivity contribution in [2.24, 2.45) is 5.11 Å². The topological polar surface area (TPSA) is 134 Å². The van der Waals surface area contributed by atoms with Crippen molar-refractivity contribution >= 4 is 20.9 Å². The van der Waals surface area contributed by atoms with Crippen LogP contribution in [0.1, 0.15) is 49.3 Å². The molecule has 0 unspecified atom stereocenters. The molecule has 1 saturated heterocycles. The highest BCUT2D eigenvalue weighted by Crippen LogP contribution is 2.47. The normalized spacial score (nSPS) is 20.3. The second kappa shape index (κ2) is 18.5. The molecule has 4 aromatic carbocycles. The number of fused-ring (bicyclic) bond motifs is 1. The summed E-state index contributed by atoms with van der Waals surface area (Å²) in [6.45, 7) is 3.95. The van der Waals surface area contributed by atoms with Crippen molar-refractivity contribution in [3.8, 4) is 0 Å². The summed E-state index contributed by atoms with van der Waals surface area (Å²) in [5.74, 6) is 0. The molecule has 6 rings (SSSR count). The first-order valence-electron chi connectivity index (χ1n) is 18.1. The third-order valence-electron chi connectivity index (χ3n) is 9.39. The van der Waals surface area contributed by atoms with Crippen LogP contribution < -0.4 is 0 Å². The van der Waals surface area contributed by atoms with Gasteiger partial charge in [0.05, 0.1) is 36.3 Å². The fourth-order valence-corrected chi connectivity index (χ4v) is 8.12. The highest BCUT2D eigenvalue weighted by Gasteiger charge is 2.54. The van der Waals surface area contributed by atoms with Gasteiger partial charge in [-0.25, -0.2) is 12.4 Å². The first kappa shape index (κ1) is 38.2. The minimum atomic E-state index is -4.00. The Morgan fingerprint density at radius 2 is 1.51 bits per heavy atom. The van der Waals surface area contributed by atoms with E-state index in [1.54, 1.807) is 42.6 Å². The summed E-state index contributed by atoms with van der Waals surface area (Å²) in [5, 5.41) is 4.31. The first-order chi connectivity index (χ1) is 26.0. The summed E-state index contributed by atoms with van der Waals surface area (Å²) >= 11 is 0. The van der Waals surface area contributed by atoms with Gasteiger partial charge in [-0.05, 0) is 54.6 Å². The van der Waals surface area contributed by atoms with Crippen LogP contribution >= 0.6 is 0 Å². The summed E-state index contributed by atoms with van der Waals surface area (Å²) in [6, 6.07) is 35.6. The van der Waals surface area contributed by atoms with Crippen LogP contribution in [0.3, 0.4) is 0 Å². The SMILES string of the molecule is CCO[C@@H]1O[C@H](COCCCCCN=[N+]=[N-])[C@@H](OCc2ccccc2)C[C@]1(OCc1ccccc1)c1cn(S(=O)(=O)c2ccccc2)c2ccccc12. The summed E-state index contributed by atoms with van der Waals surface area (Å²) in [6.07, 6.45) is 2.42. The molecule has 0 bridgehead atoms. The fraction of sp³-hybridized carbons (Fsp3) is 0.366. The molecular formula is C41H46N4O7S. The minimum absolute atomic E-state index is 0.173. The van der Waals surface area contributed by atoms with E-state index in [0.29, 0.717) is 42.8 Å². The highest BCUT2D eigenvalue weighted by atomic mass is 32.2. The lowest BCUT2D eigenvalue weighted by Crippen LogP contribution is -2.58. The Labute approximate surface area is 311 Å². The summed E-state index contributed by atoms with van der Waals surface area (Å²) in [5.41, 5.74) is 10.3. The highest BCUT2D eigenvalue weighted by molar-refractivity contribution is 7.90. The number of benzene rings is 4. The number of hydrogen-bond donors (Lipinski definition) is 0.